The van der Waals surface area contributed by atoms with Gasteiger partial charge in [-0.1, -0.05) is 18.2 Å². The Morgan fingerprint density at radius 1 is 1.06 bits per heavy atom. The molecule has 0 atom stereocenters. The van der Waals surface area contributed by atoms with E-state index in [0.717, 1.165) is 35.5 Å². The number of hydrogen-bond donors (Lipinski definition) is 2. The maximum atomic E-state index is 5.86. The molecule has 0 unspecified atom stereocenters. The van der Waals surface area contributed by atoms with Crippen molar-refractivity contribution in [1.29, 1.82) is 0 Å². The lowest BCUT2D eigenvalue weighted by atomic mass is 10.1. The van der Waals surface area contributed by atoms with Crippen LogP contribution in [0.4, 0.5) is 5.69 Å². The minimum absolute atomic E-state index is 0.621. The van der Waals surface area contributed by atoms with Gasteiger partial charge in [-0.2, -0.15) is 0 Å². The second-order valence-electron chi connectivity index (χ2n) is 7.80. The quantitative estimate of drug-likeness (QED) is 0.347. The maximum absolute atomic E-state index is 5.86. The number of H-pyrrole nitrogens is 1. The minimum atomic E-state index is 0.621. The average molecular weight is 461 g/mol. The summed E-state index contributed by atoms with van der Waals surface area (Å²) in [6.07, 6.45) is 4.47. The highest BCUT2D eigenvalue weighted by atomic mass is 32.1. The molecule has 4 aromatic rings. The van der Waals surface area contributed by atoms with E-state index in [0.29, 0.717) is 17.4 Å². The van der Waals surface area contributed by atoms with Crippen LogP contribution in [0.15, 0.2) is 67.0 Å². The van der Waals surface area contributed by atoms with Gasteiger partial charge in [0.1, 0.15) is 11.5 Å². The zero-order chi connectivity index (χ0) is 23.2. The number of rotatable bonds is 8. The van der Waals surface area contributed by atoms with Gasteiger partial charge < -0.3 is 24.7 Å². The van der Waals surface area contributed by atoms with Gasteiger partial charge in [-0.3, -0.25) is 4.98 Å². The fraction of sp³-hybridized carbons (Fsp3) is 0.231. The molecule has 2 aromatic carbocycles. The van der Waals surface area contributed by atoms with E-state index in [9.17, 15) is 0 Å². The van der Waals surface area contributed by atoms with E-state index in [1.807, 2.05) is 30.3 Å². The van der Waals surface area contributed by atoms with Crippen molar-refractivity contribution >= 4 is 33.9 Å². The van der Waals surface area contributed by atoms with E-state index in [2.05, 4.69) is 51.4 Å². The Morgan fingerprint density at radius 3 is 2.61 bits per heavy atom. The molecule has 0 aliphatic carbocycles. The van der Waals surface area contributed by atoms with Crippen LogP contribution in [0.1, 0.15) is 16.8 Å². The molecule has 0 aliphatic rings. The van der Waals surface area contributed by atoms with E-state index in [4.69, 9.17) is 21.7 Å². The molecule has 7 heteroatoms. The van der Waals surface area contributed by atoms with Crippen LogP contribution in [-0.4, -0.2) is 40.7 Å². The van der Waals surface area contributed by atoms with Crippen LogP contribution in [0.3, 0.4) is 0 Å². The number of fused-ring (bicyclic) bond motifs is 1. The average Bonchev–Trinajstić information content (AvgIpc) is 3.17. The number of anilines is 1. The fourth-order valence-electron chi connectivity index (χ4n) is 3.97. The van der Waals surface area contributed by atoms with Crippen molar-refractivity contribution in [3.63, 3.8) is 0 Å². The van der Waals surface area contributed by atoms with Gasteiger partial charge in [0.15, 0.2) is 5.11 Å². The van der Waals surface area contributed by atoms with Crippen LogP contribution in [0, 0.1) is 6.92 Å². The van der Waals surface area contributed by atoms with Gasteiger partial charge in [0.05, 0.1) is 19.9 Å². The Bertz CT molecular complexity index is 1240. The van der Waals surface area contributed by atoms with Crippen molar-refractivity contribution in [2.45, 2.75) is 19.9 Å². The highest BCUT2D eigenvalue weighted by Gasteiger charge is 2.16. The van der Waals surface area contributed by atoms with Crippen LogP contribution in [0.5, 0.6) is 11.5 Å². The Kier molecular flexibility index (Phi) is 7.10. The molecule has 2 aromatic heterocycles. The standard InChI is InChI=1S/C26H28N4O2S/c1-18-21(22-6-4-5-7-23(22)28-18)12-15-30(17-19-10-13-27-14-11-19)26(33)29-24-16-20(31-2)8-9-25(24)32-3/h4-11,13-14,16,28H,12,15,17H2,1-3H3,(H,29,33). The number of aryl methyl sites for hydroxylation is 1. The van der Waals surface area contributed by atoms with Crippen molar-refractivity contribution in [3.8, 4) is 11.5 Å². The molecule has 0 saturated carbocycles. The number of nitrogens with one attached hydrogen (secondary N) is 2. The summed E-state index contributed by atoms with van der Waals surface area (Å²) in [6.45, 7) is 3.55. The van der Waals surface area contributed by atoms with E-state index < -0.39 is 0 Å². The van der Waals surface area contributed by atoms with Crippen LogP contribution in [0.2, 0.25) is 0 Å². The summed E-state index contributed by atoms with van der Waals surface area (Å²) < 4.78 is 10.9. The SMILES string of the molecule is COc1ccc(OC)c(NC(=S)N(CCc2c(C)[nH]c3ccccc23)Cc2ccncc2)c1. The number of aromatic amines is 1. The number of nitrogens with zero attached hydrogens (tertiary/aromatic N) is 2. The van der Waals surface area contributed by atoms with Gasteiger partial charge in [-0.25, -0.2) is 0 Å². The van der Waals surface area contributed by atoms with Gasteiger partial charge in [0.25, 0.3) is 0 Å². The number of aromatic nitrogens is 2. The predicted molar refractivity (Wildman–Crippen MR) is 137 cm³/mol. The van der Waals surface area contributed by atoms with Crippen LogP contribution in [-0.2, 0) is 13.0 Å². The van der Waals surface area contributed by atoms with Crippen LogP contribution >= 0.6 is 12.2 Å². The topological polar surface area (TPSA) is 62.4 Å². The number of hydrogen-bond acceptors (Lipinski definition) is 4. The highest BCUT2D eigenvalue weighted by Crippen LogP contribution is 2.29. The zero-order valence-corrected chi connectivity index (χ0v) is 19.9. The summed E-state index contributed by atoms with van der Waals surface area (Å²) in [5, 5.41) is 5.25. The molecule has 4 rings (SSSR count). The summed E-state index contributed by atoms with van der Waals surface area (Å²) in [5.74, 6) is 1.44. The van der Waals surface area contributed by atoms with Gasteiger partial charge in [0, 0.05) is 48.1 Å². The number of para-hydroxylation sites is 1. The monoisotopic (exact) mass is 460 g/mol. The first-order valence-electron chi connectivity index (χ1n) is 10.8. The molecule has 0 radical (unpaired) electrons. The molecule has 33 heavy (non-hydrogen) atoms. The highest BCUT2D eigenvalue weighted by molar-refractivity contribution is 7.80. The Labute approximate surface area is 199 Å². The van der Waals surface area contributed by atoms with Gasteiger partial charge in [-0.05, 0) is 67.0 Å². The Hall–Kier alpha value is -3.58. The summed E-state index contributed by atoms with van der Waals surface area (Å²) in [6, 6.07) is 18.1. The van der Waals surface area contributed by atoms with E-state index in [1.165, 1.54) is 16.6 Å². The van der Waals surface area contributed by atoms with E-state index in [1.54, 1.807) is 26.6 Å². The lowest BCUT2D eigenvalue weighted by Gasteiger charge is -2.27. The second kappa shape index (κ2) is 10.4. The lowest BCUT2D eigenvalue weighted by Crippen LogP contribution is -2.36. The summed E-state index contributed by atoms with van der Waals surface area (Å²) >= 11 is 5.86. The number of benzene rings is 2. The number of methoxy groups -OCH3 is 2. The van der Waals surface area contributed by atoms with E-state index in [-0.39, 0.29) is 0 Å². The van der Waals surface area contributed by atoms with Crippen molar-refractivity contribution in [1.82, 2.24) is 14.9 Å². The van der Waals surface area contributed by atoms with Crippen LogP contribution < -0.4 is 14.8 Å². The van der Waals surface area contributed by atoms with Crippen molar-refractivity contribution in [3.05, 3.63) is 83.8 Å². The molecule has 0 saturated heterocycles. The normalized spacial score (nSPS) is 10.8. The first-order chi connectivity index (χ1) is 16.1. The molecule has 170 valence electrons. The second-order valence-corrected chi connectivity index (χ2v) is 8.18. The van der Waals surface area contributed by atoms with Crippen molar-refractivity contribution < 1.29 is 9.47 Å². The van der Waals surface area contributed by atoms with Crippen molar-refractivity contribution in [2.24, 2.45) is 0 Å². The molecule has 0 bridgehead atoms. The first-order valence-corrected chi connectivity index (χ1v) is 11.2. The molecule has 6 nitrogen and oxygen atoms in total. The largest absolute Gasteiger partial charge is 0.497 e. The van der Waals surface area contributed by atoms with Gasteiger partial charge >= 0.3 is 0 Å². The number of ether oxygens (including phenoxy) is 2. The van der Waals surface area contributed by atoms with Gasteiger partial charge in [-0.15, -0.1) is 0 Å². The lowest BCUT2D eigenvalue weighted by molar-refractivity contribution is 0.403. The third-order valence-electron chi connectivity index (χ3n) is 5.72. The predicted octanol–water partition coefficient (Wildman–Crippen LogP) is 5.33. The fourth-order valence-corrected chi connectivity index (χ4v) is 4.24. The third-order valence-corrected chi connectivity index (χ3v) is 6.08. The minimum Gasteiger partial charge on any atom is -0.497 e. The molecule has 0 amide bonds. The molecule has 0 spiro atoms. The zero-order valence-electron chi connectivity index (χ0n) is 19.1. The molecular weight excluding hydrogens is 432 g/mol. The van der Waals surface area contributed by atoms with E-state index >= 15 is 0 Å². The summed E-state index contributed by atoms with van der Waals surface area (Å²) in [4.78, 5) is 9.80. The first kappa shape index (κ1) is 22.6. The Morgan fingerprint density at radius 2 is 1.85 bits per heavy atom. The van der Waals surface area contributed by atoms with Crippen molar-refractivity contribution in [2.75, 3.05) is 26.1 Å². The third kappa shape index (κ3) is 5.26. The smallest absolute Gasteiger partial charge is 0.173 e. The summed E-state index contributed by atoms with van der Waals surface area (Å²) in [5.41, 5.74) is 5.57. The molecule has 0 fully saturated rings. The Balaban J connectivity index is 1.58. The molecule has 0 aliphatic heterocycles. The molecule has 2 heterocycles. The van der Waals surface area contributed by atoms with Crippen LogP contribution in [0.25, 0.3) is 10.9 Å². The maximum Gasteiger partial charge on any atom is 0.173 e. The number of thiocarbonyl (C=S) groups is 1. The molecule has 2 N–H and O–H groups in total. The van der Waals surface area contributed by atoms with Gasteiger partial charge in [0.2, 0.25) is 0 Å². The molecular formula is C26H28N4O2S. The summed E-state index contributed by atoms with van der Waals surface area (Å²) in [7, 11) is 3.29. The number of pyridine rings is 1.